The van der Waals surface area contributed by atoms with Crippen LogP contribution in [0.2, 0.25) is 0 Å². The van der Waals surface area contributed by atoms with E-state index in [1.807, 2.05) is 20.8 Å². The van der Waals surface area contributed by atoms with Crippen molar-refractivity contribution in [1.82, 2.24) is 9.80 Å². The lowest BCUT2D eigenvalue weighted by atomic mass is 9.94. The normalized spacial score (nSPS) is 16.1. The van der Waals surface area contributed by atoms with Crippen LogP contribution in [0.1, 0.15) is 37.6 Å². The Bertz CT molecular complexity index is 656. The molecule has 1 heterocycles. The molecule has 0 unspecified atom stereocenters. The summed E-state index contributed by atoms with van der Waals surface area (Å²) in [5, 5.41) is 0. The van der Waals surface area contributed by atoms with E-state index in [9.17, 15) is 22.8 Å². The molecule has 0 atom stereocenters. The summed E-state index contributed by atoms with van der Waals surface area (Å²) in [4.78, 5) is 27.8. The Morgan fingerprint density at radius 1 is 0.917 bits per heavy atom. The molecule has 2 amide bonds. The van der Waals surface area contributed by atoms with Crippen molar-refractivity contribution >= 4 is 11.8 Å². The van der Waals surface area contributed by atoms with Gasteiger partial charge < -0.3 is 9.80 Å². The Hall–Kier alpha value is -2.05. The molecular weight excluding hydrogens is 321 g/mol. The molecule has 4 nitrogen and oxygen atoms in total. The summed E-state index contributed by atoms with van der Waals surface area (Å²) in [6, 6.07) is 1.68. The molecule has 2 rings (SSSR count). The summed E-state index contributed by atoms with van der Waals surface area (Å²) >= 11 is 0. The van der Waals surface area contributed by atoms with Gasteiger partial charge >= 0.3 is 0 Å². The average molecular weight is 342 g/mol. The fourth-order valence-corrected chi connectivity index (χ4v) is 2.66. The monoisotopic (exact) mass is 342 g/mol. The van der Waals surface area contributed by atoms with Crippen LogP contribution >= 0.6 is 0 Å². The van der Waals surface area contributed by atoms with Crippen molar-refractivity contribution in [3.63, 3.8) is 0 Å². The summed E-state index contributed by atoms with van der Waals surface area (Å²) in [7, 11) is 0. The third kappa shape index (κ3) is 3.71. The van der Waals surface area contributed by atoms with Gasteiger partial charge in [-0.25, -0.2) is 13.2 Å². The molecular formula is C17H21F3N2O2. The van der Waals surface area contributed by atoms with E-state index in [0.717, 1.165) is 12.1 Å². The van der Waals surface area contributed by atoms with E-state index >= 15 is 0 Å². The lowest BCUT2D eigenvalue weighted by Crippen LogP contribution is -2.42. The van der Waals surface area contributed by atoms with Gasteiger partial charge in [0, 0.05) is 31.6 Å². The fraction of sp³-hybridized carbons (Fsp3) is 0.529. The minimum Gasteiger partial charge on any atom is -0.340 e. The predicted molar refractivity (Wildman–Crippen MR) is 82.9 cm³/mol. The van der Waals surface area contributed by atoms with Crippen molar-refractivity contribution < 1.29 is 22.8 Å². The van der Waals surface area contributed by atoms with E-state index in [4.69, 9.17) is 0 Å². The average Bonchev–Trinajstić information content (AvgIpc) is 2.76. The highest BCUT2D eigenvalue weighted by Gasteiger charge is 2.30. The first-order chi connectivity index (χ1) is 11.1. The number of amides is 2. The standard InChI is InChI=1S/C17H21F3N2O2/c1-17(2,3)16(24)22-8-4-7-21(9-10-22)15(23)11-5-6-12(18)14(20)13(11)19/h5-6H,4,7-10H2,1-3H3. The van der Waals surface area contributed by atoms with Crippen molar-refractivity contribution in [1.29, 1.82) is 0 Å². The third-order valence-corrected chi connectivity index (χ3v) is 3.98. The zero-order chi connectivity index (χ0) is 18.1. The molecule has 0 saturated carbocycles. The van der Waals surface area contributed by atoms with Crippen LogP contribution in [0.5, 0.6) is 0 Å². The van der Waals surface area contributed by atoms with E-state index < -0.39 is 34.3 Å². The minimum absolute atomic E-state index is 0.0178. The molecule has 0 aromatic heterocycles. The smallest absolute Gasteiger partial charge is 0.257 e. The van der Waals surface area contributed by atoms with Gasteiger partial charge in [-0.15, -0.1) is 0 Å². The molecule has 1 aromatic carbocycles. The van der Waals surface area contributed by atoms with E-state index in [1.165, 1.54) is 4.90 Å². The van der Waals surface area contributed by atoms with Gasteiger partial charge in [0.1, 0.15) is 0 Å². The van der Waals surface area contributed by atoms with Gasteiger partial charge in [-0.3, -0.25) is 9.59 Å². The number of hydrogen-bond donors (Lipinski definition) is 0. The number of carbonyl (C=O) groups excluding carboxylic acids is 2. The molecule has 0 bridgehead atoms. The summed E-state index contributed by atoms with van der Waals surface area (Å²) < 4.78 is 40.1. The van der Waals surface area contributed by atoms with E-state index in [-0.39, 0.29) is 12.5 Å². The number of nitrogens with zero attached hydrogens (tertiary/aromatic N) is 2. The molecule has 24 heavy (non-hydrogen) atoms. The lowest BCUT2D eigenvalue weighted by molar-refractivity contribution is -0.139. The molecule has 0 spiro atoms. The molecule has 1 aliphatic rings. The number of rotatable bonds is 1. The van der Waals surface area contributed by atoms with E-state index in [0.29, 0.717) is 26.1 Å². The van der Waals surface area contributed by atoms with Crippen molar-refractivity contribution in [2.45, 2.75) is 27.2 Å². The summed E-state index contributed by atoms with van der Waals surface area (Å²) in [5.74, 6) is -5.18. The second-order valence-electron chi connectivity index (χ2n) is 6.91. The molecule has 0 N–H and O–H groups in total. The van der Waals surface area contributed by atoms with Gasteiger partial charge in [0.25, 0.3) is 5.91 Å². The van der Waals surface area contributed by atoms with Crippen LogP contribution in [0, 0.1) is 22.9 Å². The fourth-order valence-electron chi connectivity index (χ4n) is 2.66. The summed E-state index contributed by atoms with van der Waals surface area (Å²) in [6.45, 7) is 6.83. The van der Waals surface area contributed by atoms with Crippen LogP contribution in [0.25, 0.3) is 0 Å². The van der Waals surface area contributed by atoms with Crippen molar-refractivity contribution in [2.75, 3.05) is 26.2 Å². The van der Waals surface area contributed by atoms with Gasteiger partial charge in [0.05, 0.1) is 5.56 Å². The largest absolute Gasteiger partial charge is 0.340 e. The Morgan fingerprint density at radius 3 is 2.12 bits per heavy atom. The molecule has 0 aliphatic carbocycles. The lowest BCUT2D eigenvalue weighted by Gasteiger charge is -2.28. The highest BCUT2D eigenvalue weighted by molar-refractivity contribution is 5.94. The number of benzene rings is 1. The first-order valence-electron chi connectivity index (χ1n) is 7.85. The minimum atomic E-state index is -1.65. The predicted octanol–water partition coefficient (Wildman–Crippen LogP) is 2.82. The molecule has 1 aliphatic heterocycles. The second-order valence-corrected chi connectivity index (χ2v) is 6.91. The Kier molecular flexibility index (Phi) is 5.20. The second kappa shape index (κ2) is 6.83. The molecule has 1 saturated heterocycles. The Morgan fingerprint density at radius 2 is 1.50 bits per heavy atom. The Labute approximate surface area is 139 Å². The SMILES string of the molecule is CC(C)(C)C(=O)N1CCCN(C(=O)c2ccc(F)c(F)c2F)CC1. The molecule has 7 heteroatoms. The van der Waals surface area contributed by atoms with Crippen LogP contribution in [0.15, 0.2) is 12.1 Å². The van der Waals surface area contributed by atoms with Crippen LogP contribution in [0.3, 0.4) is 0 Å². The number of hydrogen-bond acceptors (Lipinski definition) is 2. The van der Waals surface area contributed by atoms with Gasteiger partial charge in [-0.1, -0.05) is 20.8 Å². The molecule has 1 aromatic rings. The molecule has 0 radical (unpaired) electrons. The quantitative estimate of drug-likeness (QED) is 0.737. The van der Waals surface area contributed by atoms with Crippen molar-refractivity contribution in [3.05, 3.63) is 35.1 Å². The zero-order valence-corrected chi connectivity index (χ0v) is 14.0. The number of halogens is 3. The van der Waals surface area contributed by atoms with Crippen molar-refractivity contribution in [2.24, 2.45) is 5.41 Å². The van der Waals surface area contributed by atoms with Crippen LogP contribution in [-0.4, -0.2) is 47.8 Å². The van der Waals surface area contributed by atoms with Crippen LogP contribution in [-0.2, 0) is 4.79 Å². The first-order valence-corrected chi connectivity index (χ1v) is 7.85. The maximum absolute atomic E-state index is 13.8. The topological polar surface area (TPSA) is 40.6 Å². The van der Waals surface area contributed by atoms with Gasteiger partial charge in [0.15, 0.2) is 17.5 Å². The van der Waals surface area contributed by atoms with Gasteiger partial charge in [0.2, 0.25) is 5.91 Å². The number of carbonyl (C=O) groups is 2. The molecule has 132 valence electrons. The van der Waals surface area contributed by atoms with Crippen molar-refractivity contribution in [3.8, 4) is 0 Å². The first kappa shape index (κ1) is 18.3. The van der Waals surface area contributed by atoms with Gasteiger partial charge in [-0.2, -0.15) is 0 Å². The maximum atomic E-state index is 13.8. The van der Waals surface area contributed by atoms with Gasteiger partial charge in [-0.05, 0) is 18.6 Å². The maximum Gasteiger partial charge on any atom is 0.257 e. The van der Waals surface area contributed by atoms with Crippen LogP contribution in [0.4, 0.5) is 13.2 Å². The Balaban J connectivity index is 2.13. The zero-order valence-electron chi connectivity index (χ0n) is 14.0. The van der Waals surface area contributed by atoms with E-state index in [2.05, 4.69) is 0 Å². The molecule has 1 fully saturated rings. The third-order valence-electron chi connectivity index (χ3n) is 3.98. The highest BCUT2D eigenvalue weighted by Crippen LogP contribution is 2.21. The van der Waals surface area contributed by atoms with Crippen LogP contribution < -0.4 is 0 Å². The highest BCUT2D eigenvalue weighted by atomic mass is 19.2. The summed E-state index contributed by atoms with van der Waals surface area (Å²) in [6.07, 6.45) is 0.541. The van der Waals surface area contributed by atoms with E-state index in [1.54, 1.807) is 4.90 Å². The summed E-state index contributed by atoms with van der Waals surface area (Å²) in [5.41, 5.74) is -1.02.